The van der Waals surface area contributed by atoms with Gasteiger partial charge in [-0.05, 0) is 30.9 Å². The first-order valence-electron chi connectivity index (χ1n) is 8.02. The van der Waals surface area contributed by atoms with Gasteiger partial charge < -0.3 is 15.6 Å². The maximum atomic E-state index is 12.9. The van der Waals surface area contributed by atoms with Crippen LogP contribution in [0.3, 0.4) is 0 Å². The van der Waals surface area contributed by atoms with E-state index >= 15 is 0 Å². The number of rotatable bonds is 3. The molecule has 0 bridgehead atoms. The van der Waals surface area contributed by atoms with E-state index in [0.717, 1.165) is 16.5 Å². The van der Waals surface area contributed by atoms with Crippen molar-refractivity contribution < 1.29 is 18.0 Å². The summed E-state index contributed by atoms with van der Waals surface area (Å²) in [5.74, 6) is -1.86. The third-order valence-electron chi connectivity index (χ3n) is 4.63. The Bertz CT molecular complexity index is 731. The maximum Gasteiger partial charge on any atom is 0.393 e. The van der Waals surface area contributed by atoms with E-state index in [1.54, 1.807) is 6.20 Å². The number of nitrogens with one attached hydrogen (secondary N) is 1. The minimum Gasteiger partial charge on any atom is -0.361 e. The molecule has 0 radical (unpaired) electrons. The average molecular weight is 376 g/mol. The smallest absolute Gasteiger partial charge is 0.361 e. The summed E-state index contributed by atoms with van der Waals surface area (Å²) in [7, 11) is 0. The van der Waals surface area contributed by atoms with E-state index in [9.17, 15) is 18.0 Å². The summed E-state index contributed by atoms with van der Waals surface area (Å²) in [6, 6.07) is 6.81. The van der Waals surface area contributed by atoms with E-state index < -0.39 is 24.0 Å². The number of aromatic nitrogens is 1. The van der Waals surface area contributed by atoms with Gasteiger partial charge in [0, 0.05) is 30.2 Å². The van der Waals surface area contributed by atoms with Crippen LogP contribution in [0, 0.1) is 5.92 Å². The number of likely N-dealkylation sites (tertiary alicyclic amines) is 1. The van der Waals surface area contributed by atoms with Gasteiger partial charge in [0.15, 0.2) is 0 Å². The Morgan fingerprint density at radius 2 is 2.08 bits per heavy atom. The zero-order valence-electron chi connectivity index (χ0n) is 13.6. The molecule has 0 saturated carbocycles. The molecule has 0 spiro atoms. The van der Waals surface area contributed by atoms with Crippen molar-refractivity contribution in [1.82, 2.24) is 9.88 Å². The number of nitrogens with zero attached hydrogens (tertiary/aromatic N) is 1. The molecule has 0 aliphatic carbocycles. The first-order chi connectivity index (χ1) is 11.4. The maximum absolute atomic E-state index is 12.9. The van der Waals surface area contributed by atoms with Gasteiger partial charge in [0.05, 0.1) is 12.0 Å². The van der Waals surface area contributed by atoms with E-state index in [1.807, 2.05) is 24.3 Å². The minimum absolute atomic E-state index is 0. The topological polar surface area (TPSA) is 62.1 Å². The summed E-state index contributed by atoms with van der Waals surface area (Å²) in [6.45, 7) is 0.0525. The monoisotopic (exact) mass is 375 g/mol. The van der Waals surface area contributed by atoms with Crippen molar-refractivity contribution in [2.75, 3.05) is 13.1 Å². The third kappa shape index (κ3) is 4.27. The molecule has 4 nitrogen and oxygen atoms in total. The van der Waals surface area contributed by atoms with Crippen molar-refractivity contribution in [3.63, 3.8) is 0 Å². The SMILES string of the molecule is Cl.N[C@@H](Cc1c[nH]c2ccccc12)C(=O)N1CCCC(C(F)(F)F)C1. The number of hydrogen-bond donors (Lipinski definition) is 2. The van der Waals surface area contributed by atoms with E-state index in [2.05, 4.69) is 4.98 Å². The first-order valence-corrected chi connectivity index (χ1v) is 8.02. The van der Waals surface area contributed by atoms with Crippen molar-refractivity contribution in [3.8, 4) is 0 Å². The largest absolute Gasteiger partial charge is 0.393 e. The summed E-state index contributed by atoms with van der Waals surface area (Å²) >= 11 is 0. The minimum atomic E-state index is -4.26. The number of carbonyl (C=O) groups excluding carboxylic acids is 1. The van der Waals surface area contributed by atoms with E-state index in [1.165, 1.54) is 4.90 Å². The lowest BCUT2D eigenvalue weighted by molar-refractivity contribution is -0.188. The molecular formula is C17H21ClF3N3O. The second-order valence-corrected chi connectivity index (χ2v) is 6.34. The number of nitrogens with two attached hydrogens (primary N) is 1. The van der Waals surface area contributed by atoms with Gasteiger partial charge in [-0.1, -0.05) is 18.2 Å². The molecule has 1 aliphatic heterocycles. The van der Waals surface area contributed by atoms with E-state index in [4.69, 9.17) is 5.73 Å². The van der Waals surface area contributed by atoms with Crippen LogP contribution in [0.1, 0.15) is 18.4 Å². The lowest BCUT2D eigenvalue weighted by Crippen LogP contribution is -2.51. The highest BCUT2D eigenvalue weighted by molar-refractivity contribution is 5.86. The second-order valence-electron chi connectivity index (χ2n) is 6.34. The quantitative estimate of drug-likeness (QED) is 0.865. The Morgan fingerprint density at radius 3 is 2.80 bits per heavy atom. The van der Waals surface area contributed by atoms with Crippen LogP contribution in [0.15, 0.2) is 30.5 Å². The molecule has 2 aromatic rings. The van der Waals surface area contributed by atoms with E-state index in [-0.39, 0.29) is 25.4 Å². The normalized spacial score (nSPS) is 19.5. The zero-order valence-corrected chi connectivity index (χ0v) is 14.4. The molecule has 1 fully saturated rings. The lowest BCUT2D eigenvalue weighted by atomic mass is 9.96. The van der Waals surface area contributed by atoms with E-state index in [0.29, 0.717) is 19.4 Å². The molecule has 1 aliphatic rings. The summed E-state index contributed by atoms with van der Waals surface area (Å²) in [4.78, 5) is 16.8. The number of piperidine rings is 1. The number of hydrogen-bond acceptors (Lipinski definition) is 2. The standard InChI is InChI=1S/C17H20F3N3O.ClH/c18-17(19,20)12-4-3-7-23(10-12)16(24)14(21)8-11-9-22-15-6-2-1-5-13(11)15;/h1-2,5-6,9,12,14,22H,3-4,7-8,10,21H2;1H/t12?,14-;/m0./s1. The van der Waals surface area contributed by atoms with Gasteiger partial charge in [-0.25, -0.2) is 0 Å². The Kier molecular flexibility index (Phi) is 6.00. The number of halogens is 4. The van der Waals surface area contributed by atoms with Crippen molar-refractivity contribution >= 4 is 29.2 Å². The summed E-state index contributed by atoms with van der Waals surface area (Å²) < 4.78 is 38.7. The summed E-state index contributed by atoms with van der Waals surface area (Å²) in [6.07, 6.45) is -1.73. The lowest BCUT2D eigenvalue weighted by Gasteiger charge is -2.35. The molecule has 2 atom stereocenters. The van der Waals surface area contributed by atoms with Gasteiger partial charge >= 0.3 is 6.18 Å². The summed E-state index contributed by atoms with van der Waals surface area (Å²) in [5.41, 5.74) is 7.84. The number of carbonyl (C=O) groups is 1. The molecule has 2 heterocycles. The van der Waals surface area contributed by atoms with Gasteiger partial charge in [0.25, 0.3) is 0 Å². The molecule has 25 heavy (non-hydrogen) atoms. The number of alkyl halides is 3. The van der Waals surface area contributed by atoms with Crippen LogP contribution in [0.2, 0.25) is 0 Å². The molecule has 1 unspecified atom stereocenters. The molecule has 1 aromatic carbocycles. The predicted molar refractivity (Wildman–Crippen MR) is 92.6 cm³/mol. The number of H-pyrrole nitrogens is 1. The number of benzene rings is 1. The fraction of sp³-hybridized carbons (Fsp3) is 0.471. The molecule has 3 rings (SSSR count). The van der Waals surface area contributed by atoms with Crippen LogP contribution >= 0.6 is 12.4 Å². The Balaban J connectivity index is 0.00000225. The van der Waals surface area contributed by atoms with Crippen LogP contribution < -0.4 is 5.73 Å². The fourth-order valence-corrected chi connectivity index (χ4v) is 3.30. The molecular weight excluding hydrogens is 355 g/mol. The van der Waals surface area contributed by atoms with Gasteiger partial charge in [-0.15, -0.1) is 12.4 Å². The Morgan fingerprint density at radius 1 is 1.36 bits per heavy atom. The van der Waals surface area contributed by atoms with Crippen LogP contribution in [0.25, 0.3) is 10.9 Å². The van der Waals surface area contributed by atoms with Gasteiger partial charge in [-0.2, -0.15) is 13.2 Å². The number of amides is 1. The Hall–Kier alpha value is -1.73. The average Bonchev–Trinajstić information content (AvgIpc) is 2.96. The molecule has 138 valence electrons. The molecule has 8 heteroatoms. The van der Waals surface area contributed by atoms with Crippen LogP contribution in [-0.2, 0) is 11.2 Å². The van der Waals surface area contributed by atoms with Crippen molar-refractivity contribution in [3.05, 3.63) is 36.0 Å². The number of fused-ring (bicyclic) bond motifs is 1. The van der Waals surface area contributed by atoms with Crippen LogP contribution in [0.5, 0.6) is 0 Å². The number of aromatic amines is 1. The highest BCUT2D eigenvalue weighted by atomic mass is 35.5. The number of para-hydroxylation sites is 1. The summed E-state index contributed by atoms with van der Waals surface area (Å²) in [5, 5.41) is 0.979. The molecule has 3 N–H and O–H groups in total. The predicted octanol–water partition coefficient (Wildman–Crippen LogP) is 3.26. The van der Waals surface area contributed by atoms with Crippen molar-refractivity contribution in [2.45, 2.75) is 31.5 Å². The molecule has 1 saturated heterocycles. The van der Waals surface area contributed by atoms with Gasteiger partial charge in [0.2, 0.25) is 5.91 Å². The van der Waals surface area contributed by atoms with Gasteiger partial charge in [-0.3, -0.25) is 4.79 Å². The molecule has 1 aromatic heterocycles. The first kappa shape index (κ1) is 19.6. The second kappa shape index (κ2) is 7.66. The fourth-order valence-electron chi connectivity index (χ4n) is 3.30. The Labute approximate surface area is 150 Å². The molecule has 1 amide bonds. The van der Waals surface area contributed by atoms with Crippen LogP contribution in [-0.4, -0.2) is 41.1 Å². The third-order valence-corrected chi connectivity index (χ3v) is 4.63. The highest BCUT2D eigenvalue weighted by Gasteiger charge is 2.43. The highest BCUT2D eigenvalue weighted by Crippen LogP contribution is 2.33. The van der Waals surface area contributed by atoms with Gasteiger partial charge in [0.1, 0.15) is 0 Å². The van der Waals surface area contributed by atoms with Crippen LogP contribution in [0.4, 0.5) is 13.2 Å². The van der Waals surface area contributed by atoms with Crippen molar-refractivity contribution in [1.29, 1.82) is 0 Å². The van der Waals surface area contributed by atoms with Crippen molar-refractivity contribution in [2.24, 2.45) is 11.7 Å². The zero-order chi connectivity index (χ0) is 17.3.